The van der Waals surface area contributed by atoms with Crippen molar-refractivity contribution < 1.29 is 4.79 Å². The lowest BCUT2D eigenvalue weighted by molar-refractivity contribution is -0.117. The van der Waals surface area contributed by atoms with Gasteiger partial charge in [-0.1, -0.05) is 19.4 Å². The maximum Gasteiger partial charge on any atom is 0.241 e. The predicted octanol–water partition coefficient (Wildman–Crippen LogP) is 3.86. The number of carbonyl (C=O) groups is 1. The molecule has 0 aliphatic rings. The molecule has 2 rings (SSSR count). The van der Waals surface area contributed by atoms with Gasteiger partial charge in [0.25, 0.3) is 0 Å². The highest BCUT2D eigenvalue weighted by Gasteiger charge is 2.12. The lowest BCUT2D eigenvalue weighted by Crippen LogP contribution is -2.35. The van der Waals surface area contributed by atoms with Crippen LogP contribution < -0.4 is 11.1 Å². The number of nitrogens with one attached hydrogen (secondary N) is 1. The molecule has 0 saturated heterocycles. The molecule has 1 heterocycles. The number of nitrogens with two attached hydrogens (primary N) is 1. The molecular formula is C17H22ClN3OS. The van der Waals surface area contributed by atoms with E-state index in [9.17, 15) is 4.79 Å². The molecule has 23 heavy (non-hydrogen) atoms. The number of pyridine rings is 1. The minimum absolute atomic E-state index is 0. The zero-order valence-corrected chi connectivity index (χ0v) is 14.7. The normalized spacial score (nSPS) is 11.4. The summed E-state index contributed by atoms with van der Waals surface area (Å²) in [6.45, 7) is 2.02. The maximum absolute atomic E-state index is 11.8. The van der Waals surface area contributed by atoms with Crippen molar-refractivity contribution >= 4 is 35.8 Å². The summed E-state index contributed by atoms with van der Waals surface area (Å²) in [5.74, 6) is 0.749. The third-order valence-electron chi connectivity index (χ3n) is 3.19. The van der Waals surface area contributed by atoms with E-state index >= 15 is 0 Å². The van der Waals surface area contributed by atoms with E-state index in [4.69, 9.17) is 5.73 Å². The quantitative estimate of drug-likeness (QED) is 0.743. The van der Waals surface area contributed by atoms with Crippen molar-refractivity contribution in [2.45, 2.75) is 36.5 Å². The highest BCUT2D eigenvalue weighted by Crippen LogP contribution is 2.24. The lowest BCUT2D eigenvalue weighted by Gasteiger charge is -2.11. The van der Waals surface area contributed by atoms with Crippen LogP contribution in [-0.4, -0.2) is 16.9 Å². The fourth-order valence-electron chi connectivity index (χ4n) is 1.96. The molecule has 0 spiro atoms. The van der Waals surface area contributed by atoms with Crippen LogP contribution in [0.25, 0.3) is 0 Å². The Kier molecular flexibility index (Phi) is 8.69. The van der Waals surface area contributed by atoms with Gasteiger partial charge in [-0.05, 0) is 42.3 Å². The molecule has 2 aromatic rings. The van der Waals surface area contributed by atoms with Crippen molar-refractivity contribution in [2.75, 3.05) is 5.32 Å². The van der Waals surface area contributed by atoms with Crippen molar-refractivity contribution in [1.82, 2.24) is 4.98 Å². The lowest BCUT2D eigenvalue weighted by atomic mass is 10.1. The molecule has 0 bridgehead atoms. The number of hydrogen-bond acceptors (Lipinski definition) is 4. The SMILES string of the molecule is CCCC(N)C(=O)Nc1ccc(SCc2cccnc2)cc1.Cl. The monoisotopic (exact) mass is 351 g/mol. The number of aromatic nitrogens is 1. The zero-order valence-electron chi connectivity index (χ0n) is 13.1. The van der Waals surface area contributed by atoms with Crippen LogP contribution in [-0.2, 0) is 10.5 Å². The van der Waals surface area contributed by atoms with Gasteiger partial charge in [0.2, 0.25) is 5.91 Å². The Morgan fingerprint density at radius 2 is 2.04 bits per heavy atom. The van der Waals surface area contributed by atoms with Crippen LogP contribution in [0.5, 0.6) is 0 Å². The summed E-state index contributed by atoms with van der Waals surface area (Å²) >= 11 is 1.74. The molecule has 0 radical (unpaired) electrons. The van der Waals surface area contributed by atoms with Crippen LogP contribution in [0.4, 0.5) is 5.69 Å². The average molecular weight is 352 g/mol. The molecule has 124 valence electrons. The minimum atomic E-state index is -0.440. The van der Waals surface area contributed by atoms with Gasteiger partial charge in [-0.3, -0.25) is 9.78 Å². The summed E-state index contributed by atoms with van der Waals surface area (Å²) in [6, 6.07) is 11.4. The number of nitrogens with zero attached hydrogens (tertiary/aromatic N) is 1. The molecular weight excluding hydrogens is 330 g/mol. The second-order valence-corrected chi connectivity index (χ2v) is 6.11. The van der Waals surface area contributed by atoms with Gasteiger partial charge >= 0.3 is 0 Å². The van der Waals surface area contributed by atoms with Crippen LogP contribution in [0.3, 0.4) is 0 Å². The number of amides is 1. The van der Waals surface area contributed by atoms with E-state index < -0.39 is 6.04 Å². The first kappa shape index (κ1) is 19.5. The maximum atomic E-state index is 11.8. The molecule has 1 amide bonds. The van der Waals surface area contributed by atoms with Crippen molar-refractivity contribution in [3.8, 4) is 0 Å². The van der Waals surface area contributed by atoms with Gasteiger partial charge in [0.1, 0.15) is 0 Å². The number of halogens is 1. The average Bonchev–Trinajstić information content (AvgIpc) is 2.55. The van der Waals surface area contributed by atoms with Crippen molar-refractivity contribution in [1.29, 1.82) is 0 Å². The minimum Gasteiger partial charge on any atom is -0.325 e. The molecule has 0 fully saturated rings. The number of benzene rings is 1. The van der Waals surface area contributed by atoms with E-state index in [0.29, 0.717) is 6.42 Å². The molecule has 3 N–H and O–H groups in total. The summed E-state index contributed by atoms with van der Waals surface area (Å²) < 4.78 is 0. The Morgan fingerprint density at radius 1 is 1.30 bits per heavy atom. The van der Waals surface area contributed by atoms with E-state index in [1.807, 2.05) is 43.5 Å². The van der Waals surface area contributed by atoms with Crippen molar-refractivity contribution in [2.24, 2.45) is 5.73 Å². The van der Waals surface area contributed by atoms with E-state index in [1.54, 1.807) is 18.0 Å². The zero-order chi connectivity index (χ0) is 15.8. The summed E-state index contributed by atoms with van der Waals surface area (Å²) in [7, 11) is 0. The standard InChI is InChI=1S/C17H21N3OS.ClH/c1-2-4-16(18)17(21)20-14-6-8-15(9-7-14)22-12-13-5-3-10-19-11-13;/h3,5-11,16H,2,4,12,18H2,1H3,(H,20,21);1H. The Labute approximate surface area is 147 Å². The Bertz CT molecular complexity index is 593. The van der Waals surface area contributed by atoms with Crippen molar-refractivity contribution in [3.05, 3.63) is 54.4 Å². The molecule has 0 saturated carbocycles. The van der Waals surface area contributed by atoms with Crippen LogP contribution in [0, 0.1) is 0 Å². The Morgan fingerprint density at radius 3 is 2.65 bits per heavy atom. The topological polar surface area (TPSA) is 68.0 Å². The summed E-state index contributed by atoms with van der Waals surface area (Å²) in [6.07, 6.45) is 5.25. The molecule has 1 unspecified atom stereocenters. The summed E-state index contributed by atoms with van der Waals surface area (Å²) in [5, 5.41) is 2.84. The van der Waals surface area contributed by atoms with Crippen LogP contribution in [0.1, 0.15) is 25.3 Å². The Hall–Kier alpha value is -1.56. The summed E-state index contributed by atoms with van der Waals surface area (Å²) in [5.41, 5.74) is 7.77. The Balaban J connectivity index is 0.00000264. The first-order valence-corrected chi connectivity index (χ1v) is 8.36. The highest BCUT2D eigenvalue weighted by atomic mass is 35.5. The smallest absolute Gasteiger partial charge is 0.241 e. The molecule has 6 heteroatoms. The second kappa shape index (κ2) is 10.3. The van der Waals surface area contributed by atoms with Crippen LogP contribution in [0.15, 0.2) is 53.7 Å². The van der Waals surface area contributed by atoms with Gasteiger partial charge in [0.15, 0.2) is 0 Å². The fourth-order valence-corrected chi connectivity index (χ4v) is 2.79. The first-order chi connectivity index (χ1) is 10.7. The molecule has 1 atom stereocenters. The number of hydrogen-bond donors (Lipinski definition) is 2. The van der Waals surface area contributed by atoms with Gasteiger partial charge in [0, 0.05) is 28.7 Å². The summed E-state index contributed by atoms with van der Waals surface area (Å²) in [4.78, 5) is 17.1. The van der Waals surface area contributed by atoms with Gasteiger partial charge in [-0.2, -0.15) is 0 Å². The number of carbonyl (C=O) groups excluding carboxylic acids is 1. The van der Waals surface area contributed by atoms with Gasteiger partial charge in [0.05, 0.1) is 6.04 Å². The molecule has 0 aliphatic carbocycles. The van der Waals surface area contributed by atoms with E-state index in [1.165, 1.54) is 5.56 Å². The molecule has 1 aromatic heterocycles. The third-order valence-corrected chi connectivity index (χ3v) is 4.27. The van der Waals surface area contributed by atoms with Gasteiger partial charge < -0.3 is 11.1 Å². The van der Waals surface area contributed by atoms with E-state index in [0.717, 1.165) is 22.8 Å². The fraction of sp³-hybridized carbons (Fsp3) is 0.294. The molecule has 1 aromatic carbocycles. The second-order valence-electron chi connectivity index (χ2n) is 5.06. The largest absolute Gasteiger partial charge is 0.325 e. The molecule has 4 nitrogen and oxygen atoms in total. The van der Waals surface area contributed by atoms with Crippen LogP contribution in [0.2, 0.25) is 0 Å². The number of rotatable bonds is 7. The molecule has 0 aliphatic heterocycles. The third kappa shape index (κ3) is 6.60. The number of anilines is 1. The first-order valence-electron chi connectivity index (χ1n) is 7.37. The highest BCUT2D eigenvalue weighted by molar-refractivity contribution is 7.98. The van der Waals surface area contributed by atoms with Gasteiger partial charge in [-0.15, -0.1) is 24.2 Å². The van der Waals surface area contributed by atoms with E-state index in [2.05, 4.69) is 16.4 Å². The predicted molar refractivity (Wildman–Crippen MR) is 99.0 cm³/mol. The van der Waals surface area contributed by atoms with E-state index in [-0.39, 0.29) is 18.3 Å². The van der Waals surface area contributed by atoms with Crippen molar-refractivity contribution in [3.63, 3.8) is 0 Å². The van der Waals surface area contributed by atoms with Gasteiger partial charge in [-0.25, -0.2) is 0 Å². The number of thioether (sulfide) groups is 1. The van der Waals surface area contributed by atoms with Crippen LogP contribution >= 0.6 is 24.2 Å².